The molecule has 0 aliphatic heterocycles. The fraction of sp³-hybridized carbons (Fsp3) is 0.500. The summed E-state index contributed by atoms with van der Waals surface area (Å²) in [4.78, 5) is 21.4. The number of esters is 1. The topological polar surface area (TPSA) is 43.4 Å². The number of alkyl halides is 1. The highest BCUT2D eigenvalue weighted by Crippen LogP contribution is 2.01. The quantitative estimate of drug-likeness (QED) is 0.373. The maximum Gasteiger partial charge on any atom is 0.333 e. The van der Waals surface area contributed by atoms with Crippen molar-refractivity contribution in [1.82, 2.24) is 0 Å². The molecule has 68 valence electrons. The van der Waals surface area contributed by atoms with Gasteiger partial charge in [-0.05, 0) is 6.92 Å². The summed E-state index contributed by atoms with van der Waals surface area (Å²) in [6.07, 6.45) is 0.0428. The molecule has 0 aliphatic rings. The van der Waals surface area contributed by atoms with Crippen molar-refractivity contribution in [2.45, 2.75) is 13.3 Å². The molecule has 0 unspecified atom stereocenters. The number of hydrogen-bond donors (Lipinski definition) is 0. The maximum absolute atomic E-state index is 10.9. The molecule has 0 atom stereocenters. The molecule has 0 fully saturated rings. The zero-order valence-electron chi connectivity index (χ0n) is 6.93. The van der Waals surface area contributed by atoms with Gasteiger partial charge in [0.1, 0.15) is 12.4 Å². The summed E-state index contributed by atoms with van der Waals surface area (Å²) in [5.74, 6) is -0.410. The summed E-state index contributed by atoms with van der Waals surface area (Å²) in [6, 6.07) is 0. The average molecular weight is 191 g/mol. The molecule has 0 N–H and O–H groups in total. The lowest BCUT2D eigenvalue weighted by Gasteiger charge is -2.02. The van der Waals surface area contributed by atoms with Crippen molar-refractivity contribution in [1.29, 1.82) is 0 Å². The molecule has 0 bridgehead atoms. The van der Waals surface area contributed by atoms with E-state index in [9.17, 15) is 9.59 Å². The minimum Gasteiger partial charge on any atom is -0.461 e. The summed E-state index contributed by atoms with van der Waals surface area (Å²) >= 11 is 5.28. The van der Waals surface area contributed by atoms with Crippen LogP contribution in [-0.2, 0) is 14.3 Å². The predicted octanol–water partition coefficient (Wildman–Crippen LogP) is 1.30. The van der Waals surface area contributed by atoms with Crippen molar-refractivity contribution in [3.8, 4) is 0 Å². The van der Waals surface area contributed by atoms with Crippen LogP contribution in [0.15, 0.2) is 12.2 Å². The van der Waals surface area contributed by atoms with Gasteiger partial charge in [0.15, 0.2) is 0 Å². The third-order valence-corrected chi connectivity index (χ3v) is 1.22. The van der Waals surface area contributed by atoms with Crippen LogP contribution in [0.1, 0.15) is 13.3 Å². The number of hydrogen-bond acceptors (Lipinski definition) is 3. The molecule has 4 heteroatoms. The van der Waals surface area contributed by atoms with Crippen LogP contribution >= 0.6 is 11.6 Å². The van der Waals surface area contributed by atoms with Crippen molar-refractivity contribution in [3.63, 3.8) is 0 Å². The molecule has 0 radical (unpaired) electrons. The largest absolute Gasteiger partial charge is 0.461 e. The molecular weight excluding hydrogens is 180 g/mol. The Morgan fingerprint density at radius 2 is 2.08 bits per heavy atom. The van der Waals surface area contributed by atoms with Gasteiger partial charge >= 0.3 is 5.97 Å². The Kier molecular flexibility index (Phi) is 5.37. The fourth-order valence-corrected chi connectivity index (χ4v) is 0.683. The Labute approximate surface area is 76.3 Å². The standard InChI is InChI=1S/C8H11ClO3/c1-6(5-7(2)10)8(11)12-4-3-9/h1,3-5H2,2H3. The van der Waals surface area contributed by atoms with E-state index in [-0.39, 0.29) is 30.3 Å². The highest BCUT2D eigenvalue weighted by Gasteiger charge is 2.09. The van der Waals surface area contributed by atoms with E-state index in [4.69, 9.17) is 11.6 Å². The highest BCUT2D eigenvalue weighted by atomic mass is 35.5. The molecule has 0 saturated carbocycles. The lowest BCUT2D eigenvalue weighted by Crippen LogP contribution is -2.10. The van der Waals surface area contributed by atoms with Gasteiger partial charge in [0, 0.05) is 12.0 Å². The predicted molar refractivity (Wildman–Crippen MR) is 46.1 cm³/mol. The summed E-state index contributed by atoms with van der Waals surface area (Å²) in [5.41, 5.74) is 0.174. The van der Waals surface area contributed by atoms with E-state index in [1.54, 1.807) is 0 Å². The monoisotopic (exact) mass is 190 g/mol. The van der Waals surface area contributed by atoms with Gasteiger partial charge in [-0.25, -0.2) is 4.79 Å². The van der Waals surface area contributed by atoms with E-state index < -0.39 is 5.97 Å². The van der Waals surface area contributed by atoms with E-state index in [1.807, 2.05) is 0 Å². The molecule has 12 heavy (non-hydrogen) atoms. The van der Waals surface area contributed by atoms with E-state index in [0.717, 1.165) is 0 Å². The van der Waals surface area contributed by atoms with E-state index in [1.165, 1.54) is 6.92 Å². The second-order valence-electron chi connectivity index (χ2n) is 2.31. The van der Waals surface area contributed by atoms with Gasteiger partial charge in [-0.3, -0.25) is 4.79 Å². The molecule has 0 heterocycles. The lowest BCUT2D eigenvalue weighted by atomic mass is 10.2. The Morgan fingerprint density at radius 3 is 2.50 bits per heavy atom. The zero-order valence-corrected chi connectivity index (χ0v) is 7.69. The van der Waals surface area contributed by atoms with Crippen LogP contribution < -0.4 is 0 Å². The van der Waals surface area contributed by atoms with E-state index >= 15 is 0 Å². The molecule has 0 saturated heterocycles. The third kappa shape index (κ3) is 4.91. The summed E-state index contributed by atoms with van der Waals surface area (Å²) in [5, 5.41) is 0. The minimum atomic E-state index is -0.550. The summed E-state index contributed by atoms with van der Waals surface area (Å²) in [6.45, 7) is 4.95. The highest BCUT2D eigenvalue weighted by molar-refractivity contribution is 6.18. The van der Waals surface area contributed by atoms with Gasteiger partial charge in [-0.2, -0.15) is 0 Å². The number of carbonyl (C=O) groups is 2. The third-order valence-electron chi connectivity index (χ3n) is 1.06. The van der Waals surface area contributed by atoms with Crippen LogP contribution in [0.4, 0.5) is 0 Å². The molecular formula is C8H11ClO3. The van der Waals surface area contributed by atoms with Crippen LogP contribution in [0.2, 0.25) is 0 Å². The number of Topliss-reactive ketones (excluding diaryl/α,β-unsaturated/α-hetero) is 1. The first-order valence-electron chi connectivity index (χ1n) is 3.48. The molecule has 0 amide bonds. The fourth-order valence-electron chi connectivity index (χ4n) is 0.606. The van der Waals surface area contributed by atoms with Gasteiger partial charge < -0.3 is 4.74 Å². The van der Waals surface area contributed by atoms with Crippen LogP contribution in [0, 0.1) is 0 Å². The molecule has 0 aliphatic carbocycles. The summed E-state index contributed by atoms with van der Waals surface area (Å²) in [7, 11) is 0. The van der Waals surface area contributed by atoms with E-state index in [2.05, 4.69) is 11.3 Å². The SMILES string of the molecule is C=C(CC(C)=O)C(=O)OCCCl. The van der Waals surface area contributed by atoms with Crippen molar-refractivity contribution < 1.29 is 14.3 Å². The summed E-state index contributed by atoms with van der Waals surface area (Å²) < 4.78 is 4.63. The molecule has 0 spiro atoms. The maximum atomic E-state index is 10.9. The second-order valence-corrected chi connectivity index (χ2v) is 2.69. The Hall–Kier alpha value is -0.830. The molecule has 0 aromatic carbocycles. The van der Waals surface area contributed by atoms with Crippen LogP contribution in [0.5, 0.6) is 0 Å². The van der Waals surface area contributed by atoms with Crippen LogP contribution in [0.3, 0.4) is 0 Å². The Bertz CT molecular complexity index is 198. The van der Waals surface area contributed by atoms with Gasteiger partial charge in [0.2, 0.25) is 0 Å². The molecule has 0 rings (SSSR count). The van der Waals surface area contributed by atoms with Gasteiger partial charge in [0.05, 0.1) is 5.88 Å². The average Bonchev–Trinajstić information content (AvgIpc) is 1.98. The van der Waals surface area contributed by atoms with Crippen molar-refractivity contribution in [3.05, 3.63) is 12.2 Å². The van der Waals surface area contributed by atoms with Crippen molar-refractivity contribution in [2.24, 2.45) is 0 Å². The normalized spacial score (nSPS) is 9.17. The number of ketones is 1. The second kappa shape index (κ2) is 5.77. The minimum absolute atomic E-state index is 0.0428. The molecule has 0 aromatic heterocycles. The first-order valence-corrected chi connectivity index (χ1v) is 4.01. The van der Waals surface area contributed by atoms with Crippen LogP contribution in [0.25, 0.3) is 0 Å². The van der Waals surface area contributed by atoms with Crippen molar-refractivity contribution in [2.75, 3.05) is 12.5 Å². The lowest BCUT2D eigenvalue weighted by molar-refractivity contribution is -0.139. The zero-order chi connectivity index (χ0) is 9.56. The van der Waals surface area contributed by atoms with Crippen molar-refractivity contribution >= 4 is 23.4 Å². The number of ether oxygens (including phenoxy) is 1. The molecule has 0 aromatic rings. The Balaban J connectivity index is 3.77. The van der Waals surface area contributed by atoms with Gasteiger partial charge in [-0.15, -0.1) is 11.6 Å². The first kappa shape index (κ1) is 11.2. The molecule has 3 nitrogen and oxygen atoms in total. The number of carbonyl (C=O) groups excluding carboxylic acids is 2. The van der Waals surface area contributed by atoms with Gasteiger partial charge in [-0.1, -0.05) is 6.58 Å². The van der Waals surface area contributed by atoms with Crippen LogP contribution in [-0.4, -0.2) is 24.2 Å². The van der Waals surface area contributed by atoms with Gasteiger partial charge in [0.25, 0.3) is 0 Å². The first-order chi connectivity index (χ1) is 5.57. The van der Waals surface area contributed by atoms with E-state index in [0.29, 0.717) is 0 Å². The Morgan fingerprint density at radius 1 is 1.50 bits per heavy atom. The number of halogens is 1. The number of rotatable bonds is 5. The smallest absolute Gasteiger partial charge is 0.333 e.